The van der Waals surface area contributed by atoms with Gasteiger partial charge in [-0.1, -0.05) is 30.3 Å². The first-order valence-electron chi connectivity index (χ1n) is 11.5. The summed E-state index contributed by atoms with van der Waals surface area (Å²) >= 11 is 0. The zero-order chi connectivity index (χ0) is 25.4. The second-order valence-corrected chi connectivity index (χ2v) is 7.05. The average Bonchev–Trinajstić information content (AvgIpc) is 2.86. The summed E-state index contributed by atoms with van der Waals surface area (Å²) in [4.78, 5) is 32.5. The maximum Gasteiger partial charge on any atom is 0.372 e. The lowest BCUT2D eigenvalue weighted by molar-refractivity contribution is -0.151. The highest BCUT2D eigenvalue weighted by Gasteiger charge is 2.14. The molecule has 0 saturated heterocycles. The van der Waals surface area contributed by atoms with E-state index >= 15 is 0 Å². The molecule has 0 unspecified atom stereocenters. The molecular weight excluding hydrogens is 464 g/mol. The minimum atomic E-state index is -1.56. The Hall–Kier alpha value is -2.41. The maximum absolute atomic E-state index is 11.3. The van der Waals surface area contributed by atoms with Gasteiger partial charge >= 0.3 is 11.9 Å². The number of carboxylic acid groups (broad SMARTS) is 1. The van der Waals surface area contributed by atoms with Gasteiger partial charge in [-0.05, 0) is 5.56 Å². The summed E-state index contributed by atoms with van der Waals surface area (Å²) in [5.74, 6) is -3.22. The van der Waals surface area contributed by atoms with Gasteiger partial charge < -0.3 is 38.3 Å². The molecule has 1 aromatic rings. The number of hydrogen-bond donors (Lipinski definition) is 1. The predicted octanol–water partition coefficient (Wildman–Crippen LogP) is 1.26. The van der Waals surface area contributed by atoms with Crippen LogP contribution in [0.15, 0.2) is 30.3 Å². The maximum atomic E-state index is 11.3. The van der Waals surface area contributed by atoms with E-state index in [1.54, 1.807) is 0 Å². The van der Waals surface area contributed by atoms with E-state index in [-0.39, 0.29) is 26.1 Å². The van der Waals surface area contributed by atoms with Gasteiger partial charge in [-0.25, -0.2) is 4.79 Å². The predicted molar refractivity (Wildman–Crippen MR) is 123 cm³/mol. The van der Waals surface area contributed by atoms with E-state index in [9.17, 15) is 14.4 Å². The molecule has 0 aromatic heterocycles. The van der Waals surface area contributed by atoms with Crippen LogP contribution in [0.25, 0.3) is 0 Å². The first kappa shape index (κ1) is 30.6. The molecule has 0 heterocycles. The third-order valence-corrected chi connectivity index (χ3v) is 4.26. The number of benzene rings is 1. The zero-order valence-electron chi connectivity index (χ0n) is 20.0. The van der Waals surface area contributed by atoms with Crippen molar-refractivity contribution in [2.75, 3.05) is 79.3 Å². The van der Waals surface area contributed by atoms with Gasteiger partial charge in [-0.2, -0.15) is 0 Å². The number of carbonyl (C=O) groups excluding carboxylic acids is 2. The number of carboxylic acids is 1. The van der Waals surface area contributed by atoms with Gasteiger partial charge in [-0.3, -0.25) is 9.59 Å². The molecule has 0 bridgehead atoms. The van der Waals surface area contributed by atoms with E-state index in [0.29, 0.717) is 72.7 Å². The SMILES string of the molecule is O=C(CCC(=O)C(=O)O)OCCOCCOCCOCCOCCOCCOCc1ccccc1. The zero-order valence-corrected chi connectivity index (χ0v) is 20.0. The van der Waals surface area contributed by atoms with Gasteiger partial charge in [0, 0.05) is 6.42 Å². The van der Waals surface area contributed by atoms with E-state index < -0.39 is 17.7 Å². The largest absolute Gasteiger partial charge is 0.476 e. The number of esters is 1. The van der Waals surface area contributed by atoms with Gasteiger partial charge in [0.25, 0.3) is 0 Å². The van der Waals surface area contributed by atoms with Crippen molar-refractivity contribution in [2.45, 2.75) is 19.4 Å². The minimum absolute atomic E-state index is 0.0241. The van der Waals surface area contributed by atoms with Crippen molar-refractivity contribution < 1.29 is 52.6 Å². The van der Waals surface area contributed by atoms with Crippen molar-refractivity contribution in [3.8, 4) is 0 Å². The summed E-state index contributed by atoms with van der Waals surface area (Å²) in [5.41, 5.74) is 1.14. The molecule has 1 rings (SSSR count). The van der Waals surface area contributed by atoms with E-state index in [0.717, 1.165) is 5.56 Å². The van der Waals surface area contributed by atoms with Crippen LogP contribution in [0, 0.1) is 0 Å². The molecule has 11 heteroatoms. The second kappa shape index (κ2) is 22.1. The van der Waals surface area contributed by atoms with E-state index in [1.807, 2.05) is 30.3 Å². The van der Waals surface area contributed by atoms with Crippen molar-refractivity contribution in [2.24, 2.45) is 0 Å². The summed E-state index contributed by atoms with van der Waals surface area (Å²) in [7, 11) is 0. The number of ketones is 1. The Morgan fingerprint density at radius 1 is 0.571 bits per heavy atom. The monoisotopic (exact) mass is 500 g/mol. The Morgan fingerprint density at radius 2 is 1.00 bits per heavy atom. The first-order chi connectivity index (χ1) is 17.1. The van der Waals surface area contributed by atoms with Gasteiger partial charge in [0.05, 0.1) is 85.7 Å². The smallest absolute Gasteiger partial charge is 0.372 e. The molecule has 198 valence electrons. The van der Waals surface area contributed by atoms with Crippen LogP contribution in [0.3, 0.4) is 0 Å². The van der Waals surface area contributed by atoms with Gasteiger partial charge in [0.2, 0.25) is 5.78 Å². The fraction of sp³-hybridized carbons (Fsp3) is 0.625. The van der Waals surface area contributed by atoms with Crippen LogP contribution in [-0.2, 0) is 54.1 Å². The van der Waals surface area contributed by atoms with Crippen LogP contribution in [0.4, 0.5) is 0 Å². The molecule has 0 amide bonds. The molecule has 0 fully saturated rings. The summed E-state index contributed by atoms with van der Waals surface area (Å²) in [5, 5.41) is 8.41. The average molecular weight is 501 g/mol. The Balaban J connectivity index is 1.71. The normalized spacial score (nSPS) is 10.9. The lowest BCUT2D eigenvalue weighted by Gasteiger charge is -2.08. The summed E-state index contributed by atoms with van der Waals surface area (Å²) < 4.78 is 37.2. The minimum Gasteiger partial charge on any atom is -0.476 e. The molecule has 0 atom stereocenters. The summed E-state index contributed by atoms with van der Waals surface area (Å²) in [6.07, 6.45) is -0.644. The van der Waals surface area contributed by atoms with Crippen LogP contribution in [0.1, 0.15) is 18.4 Å². The molecule has 0 saturated carbocycles. The van der Waals surface area contributed by atoms with Gasteiger partial charge in [0.1, 0.15) is 6.61 Å². The number of carbonyl (C=O) groups is 3. The Labute approximate surface area is 205 Å². The lowest BCUT2D eigenvalue weighted by atomic mass is 10.2. The lowest BCUT2D eigenvalue weighted by Crippen LogP contribution is -2.17. The van der Waals surface area contributed by atoms with Gasteiger partial charge in [0.15, 0.2) is 0 Å². The van der Waals surface area contributed by atoms with Crippen LogP contribution < -0.4 is 0 Å². The molecule has 35 heavy (non-hydrogen) atoms. The Kier molecular flexibility index (Phi) is 19.3. The van der Waals surface area contributed by atoms with Crippen molar-refractivity contribution in [3.63, 3.8) is 0 Å². The number of Topliss-reactive ketones (excluding diaryl/α,β-unsaturated/α-hetero) is 1. The molecule has 1 aromatic carbocycles. The van der Waals surface area contributed by atoms with E-state index in [1.165, 1.54) is 0 Å². The molecule has 0 aliphatic rings. The molecule has 0 aliphatic carbocycles. The van der Waals surface area contributed by atoms with Crippen LogP contribution >= 0.6 is 0 Å². The topological polar surface area (TPSA) is 136 Å². The van der Waals surface area contributed by atoms with Crippen molar-refractivity contribution in [3.05, 3.63) is 35.9 Å². The third kappa shape index (κ3) is 19.6. The van der Waals surface area contributed by atoms with E-state index in [2.05, 4.69) is 0 Å². The fourth-order valence-electron chi connectivity index (χ4n) is 2.47. The molecule has 1 N–H and O–H groups in total. The molecule has 0 radical (unpaired) electrons. The number of ether oxygens (including phenoxy) is 7. The highest BCUT2D eigenvalue weighted by atomic mass is 16.6. The summed E-state index contributed by atoms with van der Waals surface area (Å²) in [6, 6.07) is 9.98. The highest BCUT2D eigenvalue weighted by molar-refractivity contribution is 6.32. The number of hydrogen-bond acceptors (Lipinski definition) is 10. The van der Waals surface area contributed by atoms with Gasteiger partial charge in [-0.15, -0.1) is 0 Å². The van der Waals surface area contributed by atoms with Crippen molar-refractivity contribution in [1.82, 2.24) is 0 Å². The van der Waals surface area contributed by atoms with Crippen molar-refractivity contribution in [1.29, 1.82) is 0 Å². The highest BCUT2D eigenvalue weighted by Crippen LogP contribution is 2.00. The van der Waals surface area contributed by atoms with Crippen LogP contribution in [-0.4, -0.2) is 102 Å². The number of rotatable bonds is 24. The number of aliphatic carboxylic acids is 1. The first-order valence-corrected chi connectivity index (χ1v) is 11.5. The molecule has 0 spiro atoms. The fourth-order valence-corrected chi connectivity index (χ4v) is 2.47. The Bertz CT molecular complexity index is 681. The van der Waals surface area contributed by atoms with E-state index in [4.69, 9.17) is 38.3 Å². The standard InChI is InChI=1S/C24H36O11/c25-22(24(27)28)6-7-23(26)35-19-18-33-15-14-31-11-10-29-8-9-30-12-13-32-16-17-34-20-21-4-2-1-3-5-21/h1-5H,6-20H2,(H,27,28). The summed E-state index contributed by atoms with van der Waals surface area (Å²) in [6.45, 7) is 5.32. The third-order valence-electron chi connectivity index (χ3n) is 4.26. The molecule has 0 aliphatic heterocycles. The Morgan fingerprint density at radius 3 is 1.46 bits per heavy atom. The molecular formula is C24H36O11. The van der Waals surface area contributed by atoms with Crippen LogP contribution in [0.2, 0.25) is 0 Å². The second-order valence-electron chi connectivity index (χ2n) is 7.05. The molecule has 11 nitrogen and oxygen atoms in total. The van der Waals surface area contributed by atoms with Crippen LogP contribution in [0.5, 0.6) is 0 Å². The quantitative estimate of drug-likeness (QED) is 0.125. The van der Waals surface area contributed by atoms with Crippen molar-refractivity contribution >= 4 is 17.7 Å².